The van der Waals surface area contributed by atoms with Gasteiger partial charge in [-0.3, -0.25) is 9.69 Å². The van der Waals surface area contributed by atoms with Crippen molar-refractivity contribution in [2.24, 2.45) is 23.5 Å². The van der Waals surface area contributed by atoms with Crippen molar-refractivity contribution in [1.82, 2.24) is 10.2 Å². The molecular formula is C22H43N3O3. The average Bonchev–Trinajstić information content (AvgIpc) is 2.70. The first-order chi connectivity index (χ1) is 13.5. The van der Waals surface area contributed by atoms with Crippen molar-refractivity contribution in [3.05, 3.63) is 0 Å². The van der Waals surface area contributed by atoms with Gasteiger partial charge in [0.1, 0.15) is 0 Å². The van der Waals surface area contributed by atoms with Gasteiger partial charge < -0.3 is 20.9 Å². The first-order valence-corrected chi connectivity index (χ1v) is 11.5. The molecule has 2 aliphatic rings. The van der Waals surface area contributed by atoms with Gasteiger partial charge in [0.05, 0.1) is 25.2 Å². The SMILES string of the molecule is CCCNC(=O)[C@H](C(C)C)C([C@@H](O)[C@@H](N)CC1CCCCC1)N1CCOCC1. The Morgan fingerprint density at radius 1 is 1.21 bits per heavy atom. The Hall–Kier alpha value is -0.690. The summed E-state index contributed by atoms with van der Waals surface area (Å²) in [5.74, 6) is 0.491. The van der Waals surface area contributed by atoms with E-state index in [9.17, 15) is 9.90 Å². The third-order valence-corrected chi connectivity index (χ3v) is 6.52. The van der Waals surface area contributed by atoms with Gasteiger partial charge in [0.15, 0.2) is 0 Å². The van der Waals surface area contributed by atoms with Crippen LogP contribution in [0, 0.1) is 17.8 Å². The van der Waals surface area contributed by atoms with E-state index < -0.39 is 6.10 Å². The molecule has 1 saturated carbocycles. The molecule has 6 heteroatoms. The molecule has 0 aromatic heterocycles. The zero-order valence-electron chi connectivity index (χ0n) is 18.2. The lowest BCUT2D eigenvalue weighted by molar-refractivity contribution is -0.134. The van der Waals surface area contributed by atoms with Gasteiger partial charge in [-0.1, -0.05) is 52.9 Å². The smallest absolute Gasteiger partial charge is 0.225 e. The van der Waals surface area contributed by atoms with E-state index in [0.29, 0.717) is 25.7 Å². The van der Waals surface area contributed by atoms with Gasteiger partial charge in [-0.15, -0.1) is 0 Å². The molecule has 1 aliphatic heterocycles. The molecule has 0 radical (unpaired) electrons. The number of hydrogen-bond acceptors (Lipinski definition) is 5. The maximum absolute atomic E-state index is 13.0. The van der Waals surface area contributed by atoms with Crippen molar-refractivity contribution >= 4 is 5.91 Å². The maximum atomic E-state index is 13.0. The monoisotopic (exact) mass is 397 g/mol. The molecule has 0 aromatic carbocycles. The summed E-state index contributed by atoms with van der Waals surface area (Å²) in [5.41, 5.74) is 6.55. The van der Waals surface area contributed by atoms with Crippen molar-refractivity contribution in [2.45, 2.75) is 83.9 Å². The molecule has 4 atom stereocenters. The Bertz CT molecular complexity index is 448. The van der Waals surface area contributed by atoms with Crippen LogP contribution in [0.25, 0.3) is 0 Å². The molecule has 1 saturated heterocycles. The van der Waals surface area contributed by atoms with Crippen LogP contribution in [-0.2, 0) is 9.53 Å². The van der Waals surface area contributed by atoms with Crippen molar-refractivity contribution in [3.63, 3.8) is 0 Å². The predicted molar refractivity (Wildman–Crippen MR) is 113 cm³/mol. The van der Waals surface area contributed by atoms with Gasteiger partial charge in [0, 0.05) is 31.7 Å². The Morgan fingerprint density at radius 2 is 1.86 bits per heavy atom. The van der Waals surface area contributed by atoms with Crippen LogP contribution in [0.2, 0.25) is 0 Å². The minimum absolute atomic E-state index is 0.0391. The quantitative estimate of drug-likeness (QED) is 0.526. The third-order valence-electron chi connectivity index (χ3n) is 6.52. The Kier molecular flexibility index (Phi) is 10.2. The zero-order valence-corrected chi connectivity index (χ0v) is 18.2. The van der Waals surface area contributed by atoms with E-state index in [4.69, 9.17) is 10.5 Å². The highest BCUT2D eigenvalue weighted by molar-refractivity contribution is 5.79. The fourth-order valence-electron chi connectivity index (χ4n) is 4.95. The van der Waals surface area contributed by atoms with Crippen LogP contribution in [0.15, 0.2) is 0 Å². The summed E-state index contributed by atoms with van der Waals surface area (Å²) >= 11 is 0. The van der Waals surface area contributed by atoms with Crippen LogP contribution in [0.4, 0.5) is 0 Å². The first-order valence-electron chi connectivity index (χ1n) is 11.5. The average molecular weight is 398 g/mol. The van der Waals surface area contributed by atoms with Gasteiger partial charge in [0.2, 0.25) is 5.91 Å². The minimum Gasteiger partial charge on any atom is -0.390 e. The highest BCUT2D eigenvalue weighted by Gasteiger charge is 2.42. The van der Waals surface area contributed by atoms with Crippen LogP contribution in [-0.4, -0.2) is 66.9 Å². The molecule has 6 nitrogen and oxygen atoms in total. The Balaban J connectivity index is 2.16. The predicted octanol–water partition coefficient (Wildman–Crippen LogP) is 2.14. The fraction of sp³-hybridized carbons (Fsp3) is 0.955. The van der Waals surface area contributed by atoms with Gasteiger partial charge in [-0.05, 0) is 24.7 Å². The van der Waals surface area contributed by atoms with Crippen molar-refractivity contribution < 1.29 is 14.6 Å². The van der Waals surface area contributed by atoms with E-state index in [1.54, 1.807) is 0 Å². The number of nitrogens with zero attached hydrogens (tertiary/aromatic N) is 1. The van der Waals surface area contributed by atoms with Crippen LogP contribution in [0.5, 0.6) is 0 Å². The molecular weight excluding hydrogens is 354 g/mol. The molecule has 2 fully saturated rings. The van der Waals surface area contributed by atoms with E-state index in [1.807, 2.05) is 0 Å². The van der Waals surface area contributed by atoms with E-state index in [0.717, 1.165) is 25.9 Å². The lowest BCUT2D eigenvalue weighted by atomic mass is 9.78. The topological polar surface area (TPSA) is 87.8 Å². The minimum atomic E-state index is -0.709. The number of aliphatic hydroxyl groups is 1. The van der Waals surface area contributed by atoms with Crippen LogP contribution in [0.3, 0.4) is 0 Å². The largest absolute Gasteiger partial charge is 0.390 e. The summed E-state index contributed by atoms with van der Waals surface area (Å²) in [6, 6.07) is -0.560. The zero-order chi connectivity index (χ0) is 20.5. The lowest BCUT2D eigenvalue weighted by Crippen LogP contribution is -2.61. The van der Waals surface area contributed by atoms with Gasteiger partial charge in [-0.25, -0.2) is 0 Å². The number of morpholine rings is 1. The standard InChI is InChI=1S/C22H43N3O3/c1-4-10-24-22(27)19(16(2)3)20(25-11-13-28-14-12-25)21(26)18(23)15-17-8-6-5-7-9-17/h16-21,26H,4-15,23H2,1-3H3,(H,24,27)/t18-,19+,20?,21-/m0/s1. The second-order valence-corrected chi connectivity index (χ2v) is 9.09. The number of carbonyl (C=O) groups excluding carboxylic acids is 1. The molecule has 1 heterocycles. The molecule has 0 spiro atoms. The van der Waals surface area contributed by atoms with Crippen LogP contribution >= 0.6 is 0 Å². The van der Waals surface area contributed by atoms with Crippen LogP contribution in [0.1, 0.15) is 65.7 Å². The number of nitrogens with one attached hydrogen (secondary N) is 1. The second kappa shape index (κ2) is 12.1. The maximum Gasteiger partial charge on any atom is 0.225 e. The molecule has 4 N–H and O–H groups in total. The first kappa shape index (κ1) is 23.6. The lowest BCUT2D eigenvalue weighted by Gasteiger charge is -2.44. The van der Waals surface area contributed by atoms with Crippen molar-refractivity contribution in [2.75, 3.05) is 32.8 Å². The van der Waals surface area contributed by atoms with E-state index >= 15 is 0 Å². The van der Waals surface area contributed by atoms with E-state index in [2.05, 4.69) is 31.0 Å². The Morgan fingerprint density at radius 3 is 2.43 bits per heavy atom. The number of aliphatic hydroxyl groups excluding tert-OH is 1. The fourth-order valence-corrected chi connectivity index (χ4v) is 4.95. The molecule has 1 amide bonds. The summed E-state index contributed by atoms with van der Waals surface area (Å²) in [7, 11) is 0. The third kappa shape index (κ3) is 6.68. The molecule has 28 heavy (non-hydrogen) atoms. The summed E-state index contributed by atoms with van der Waals surface area (Å²) in [4.78, 5) is 15.3. The summed E-state index contributed by atoms with van der Waals surface area (Å²) < 4.78 is 5.52. The number of amides is 1. The number of rotatable bonds is 10. The summed E-state index contributed by atoms with van der Waals surface area (Å²) in [5, 5.41) is 14.4. The number of hydrogen-bond donors (Lipinski definition) is 3. The highest BCUT2D eigenvalue weighted by atomic mass is 16.5. The van der Waals surface area contributed by atoms with Gasteiger partial charge >= 0.3 is 0 Å². The second-order valence-electron chi connectivity index (χ2n) is 9.09. The van der Waals surface area contributed by atoms with E-state index in [1.165, 1.54) is 32.1 Å². The normalized spacial score (nSPS) is 23.9. The molecule has 2 rings (SSSR count). The van der Waals surface area contributed by atoms with E-state index in [-0.39, 0.29) is 29.8 Å². The Labute approximate surface area is 171 Å². The number of carbonyl (C=O) groups is 1. The van der Waals surface area contributed by atoms with Gasteiger partial charge in [-0.2, -0.15) is 0 Å². The van der Waals surface area contributed by atoms with Crippen LogP contribution < -0.4 is 11.1 Å². The highest BCUT2D eigenvalue weighted by Crippen LogP contribution is 2.31. The molecule has 1 unspecified atom stereocenters. The van der Waals surface area contributed by atoms with Gasteiger partial charge in [0.25, 0.3) is 0 Å². The molecule has 1 aliphatic carbocycles. The molecule has 0 aromatic rings. The number of ether oxygens (including phenoxy) is 1. The molecule has 0 bridgehead atoms. The van der Waals surface area contributed by atoms with Crippen molar-refractivity contribution in [1.29, 1.82) is 0 Å². The molecule has 164 valence electrons. The summed E-state index contributed by atoms with van der Waals surface area (Å²) in [6.45, 7) is 9.63. The van der Waals surface area contributed by atoms with Crippen molar-refractivity contribution in [3.8, 4) is 0 Å². The number of nitrogens with two attached hydrogens (primary N) is 1. The summed E-state index contributed by atoms with van der Waals surface area (Å²) in [6.07, 6.45) is 7.34.